The predicted molar refractivity (Wildman–Crippen MR) is 90.7 cm³/mol. The molecule has 0 unspecified atom stereocenters. The Balaban J connectivity index is 2.01. The summed E-state index contributed by atoms with van der Waals surface area (Å²) in [6.45, 7) is 3.78. The summed E-state index contributed by atoms with van der Waals surface area (Å²) in [5.41, 5.74) is 0.718. The zero-order chi connectivity index (χ0) is 18.0. The van der Waals surface area contributed by atoms with Crippen LogP contribution in [-0.4, -0.2) is 36.9 Å². The van der Waals surface area contributed by atoms with Gasteiger partial charge in [0.2, 0.25) is 0 Å². The summed E-state index contributed by atoms with van der Waals surface area (Å²) < 4.78 is 15.4. The van der Waals surface area contributed by atoms with Crippen molar-refractivity contribution in [2.75, 3.05) is 5.32 Å². The van der Waals surface area contributed by atoms with Gasteiger partial charge >= 0.3 is 5.97 Å². The van der Waals surface area contributed by atoms with Gasteiger partial charge in [-0.2, -0.15) is 4.52 Å². The molecule has 0 saturated heterocycles. The van der Waals surface area contributed by atoms with Crippen molar-refractivity contribution < 1.29 is 14.3 Å². The number of hydrogen-bond donors (Lipinski definition) is 2. The van der Waals surface area contributed by atoms with Gasteiger partial charge in [0.05, 0.1) is 5.56 Å². The number of aliphatic carboxylic acids is 1. The van der Waals surface area contributed by atoms with Gasteiger partial charge in [0.15, 0.2) is 11.5 Å². The maximum absolute atomic E-state index is 14.0. The second-order valence-corrected chi connectivity index (χ2v) is 5.84. The Morgan fingerprint density at radius 3 is 2.72 bits per heavy atom. The maximum Gasteiger partial charge on any atom is 0.326 e. The van der Waals surface area contributed by atoms with Crippen LogP contribution in [0.5, 0.6) is 0 Å². The number of aromatic nitrogens is 4. The van der Waals surface area contributed by atoms with Crippen molar-refractivity contribution in [1.82, 2.24) is 19.8 Å². The highest BCUT2D eigenvalue weighted by atomic mass is 19.1. The highest BCUT2D eigenvalue weighted by Crippen LogP contribution is 2.22. The quantitative estimate of drug-likeness (QED) is 0.715. The molecule has 2 aromatic heterocycles. The molecule has 0 saturated carbocycles. The average Bonchev–Trinajstić information content (AvgIpc) is 3.02. The lowest BCUT2D eigenvalue weighted by Gasteiger charge is -2.20. The number of rotatable bonds is 6. The molecule has 1 aromatic carbocycles. The molecule has 2 N–H and O–H groups in total. The summed E-state index contributed by atoms with van der Waals surface area (Å²) in [6, 6.07) is 8.73. The first-order valence-electron chi connectivity index (χ1n) is 7.98. The summed E-state index contributed by atoms with van der Waals surface area (Å²) in [5, 5.41) is 24.7. The summed E-state index contributed by atoms with van der Waals surface area (Å²) >= 11 is 0. The van der Waals surface area contributed by atoms with Crippen LogP contribution in [0.3, 0.4) is 0 Å². The van der Waals surface area contributed by atoms with Crippen molar-refractivity contribution in [3.63, 3.8) is 0 Å². The van der Waals surface area contributed by atoms with E-state index < -0.39 is 17.8 Å². The normalized spacial score (nSPS) is 13.6. The first kappa shape index (κ1) is 16.8. The Bertz CT molecular complexity index is 911. The van der Waals surface area contributed by atoms with Gasteiger partial charge in [-0.1, -0.05) is 32.4 Å². The third-order valence-electron chi connectivity index (χ3n) is 4.16. The predicted octanol–water partition coefficient (Wildman–Crippen LogP) is 2.84. The smallest absolute Gasteiger partial charge is 0.326 e. The van der Waals surface area contributed by atoms with Crippen LogP contribution in [0.4, 0.5) is 10.2 Å². The SMILES string of the molecule is CC[C@H](C)[C@H](Nc1ccc2nnc(-c3ccccc3F)n2n1)C(=O)O. The molecule has 0 fully saturated rings. The third kappa shape index (κ3) is 3.28. The van der Waals surface area contributed by atoms with Gasteiger partial charge in [-0.25, -0.2) is 9.18 Å². The number of anilines is 1. The number of hydrogen-bond acceptors (Lipinski definition) is 5. The number of fused-ring (bicyclic) bond motifs is 1. The fourth-order valence-corrected chi connectivity index (χ4v) is 2.52. The molecule has 0 aliphatic heterocycles. The molecule has 130 valence electrons. The maximum atomic E-state index is 14.0. The standard InChI is InChI=1S/C17H18FN5O2/c1-3-10(2)15(17(24)25)19-13-8-9-14-20-21-16(23(14)22-13)11-6-4-5-7-12(11)18/h4-10,15H,3H2,1-2H3,(H,19,22)(H,24,25)/t10-,15-/m0/s1. The monoisotopic (exact) mass is 343 g/mol. The van der Waals surface area contributed by atoms with E-state index in [1.54, 1.807) is 30.3 Å². The molecule has 0 amide bonds. The van der Waals surface area contributed by atoms with E-state index in [9.17, 15) is 14.3 Å². The van der Waals surface area contributed by atoms with Crippen molar-refractivity contribution >= 4 is 17.4 Å². The van der Waals surface area contributed by atoms with Crippen LogP contribution in [0.25, 0.3) is 17.0 Å². The number of carboxylic acid groups (broad SMARTS) is 1. The summed E-state index contributed by atoms with van der Waals surface area (Å²) in [4.78, 5) is 11.5. The van der Waals surface area contributed by atoms with Crippen LogP contribution in [0, 0.1) is 11.7 Å². The van der Waals surface area contributed by atoms with Crippen molar-refractivity contribution in [2.24, 2.45) is 5.92 Å². The van der Waals surface area contributed by atoms with Crippen molar-refractivity contribution in [1.29, 1.82) is 0 Å². The largest absolute Gasteiger partial charge is 0.480 e. The Kier molecular flexibility index (Phi) is 4.60. The lowest BCUT2D eigenvalue weighted by Crippen LogP contribution is -2.35. The van der Waals surface area contributed by atoms with E-state index in [1.807, 2.05) is 13.8 Å². The minimum absolute atomic E-state index is 0.0815. The van der Waals surface area contributed by atoms with E-state index in [0.717, 1.165) is 0 Å². The number of benzene rings is 1. The molecule has 2 heterocycles. The van der Waals surface area contributed by atoms with Gasteiger partial charge in [0.25, 0.3) is 0 Å². The Labute approximate surface area is 143 Å². The van der Waals surface area contributed by atoms with Crippen LogP contribution in [0.15, 0.2) is 36.4 Å². The fourth-order valence-electron chi connectivity index (χ4n) is 2.52. The number of carbonyl (C=O) groups is 1. The molecule has 2 atom stereocenters. The van der Waals surface area contributed by atoms with E-state index in [4.69, 9.17) is 0 Å². The van der Waals surface area contributed by atoms with Crippen LogP contribution < -0.4 is 5.32 Å². The number of carboxylic acids is 1. The van der Waals surface area contributed by atoms with Gasteiger partial charge < -0.3 is 10.4 Å². The lowest BCUT2D eigenvalue weighted by atomic mass is 9.99. The molecule has 0 radical (unpaired) electrons. The van der Waals surface area contributed by atoms with E-state index >= 15 is 0 Å². The zero-order valence-corrected chi connectivity index (χ0v) is 13.8. The minimum atomic E-state index is -0.950. The number of nitrogens with zero attached hydrogens (tertiary/aromatic N) is 4. The topological polar surface area (TPSA) is 92.4 Å². The van der Waals surface area contributed by atoms with E-state index in [-0.39, 0.29) is 17.3 Å². The zero-order valence-electron chi connectivity index (χ0n) is 13.8. The summed E-state index contributed by atoms with van der Waals surface area (Å²) in [6.07, 6.45) is 0.708. The highest BCUT2D eigenvalue weighted by Gasteiger charge is 2.24. The summed E-state index contributed by atoms with van der Waals surface area (Å²) in [5.74, 6) is -0.846. The minimum Gasteiger partial charge on any atom is -0.480 e. The van der Waals surface area contributed by atoms with Gasteiger partial charge in [0, 0.05) is 0 Å². The Morgan fingerprint density at radius 1 is 1.28 bits per heavy atom. The molecule has 7 nitrogen and oxygen atoms in total. The van der Waals surface area contributed by atoms with Crippen LogP contribution >= 0.6 is 0 Å². The molecule has 25 heavy (non-hydrogen) atoms. The van der Waals surface area contributed by atoms with E-state index in [2.05, 4.69) is 20.6 Å². The molecule has 0 bridgehead atoms. The van der Waals surface area contributed by atoms with Crippen LogP contribution in [0.2, 0.25) is 0 Å². The van der Waals surface area contributed by atoms with Gasteiger partial charge in [0.1, 0.15) is 17.7 Å². The first-order chi connectivity index (χ1) is 12.0. The number of nitrogens with one attached hydrogen (secondary N) is 1. The van der Waals surface area contributed by atoms with Crippen molar-refractivity contribution in [2.45, 2.75) is 26.3 Å². The molecular formula is C17H18FN5O2. The third-order valence-corrected chi connectivity index (χ3v) is 4.16. The molecule has 0 aliphatic carbocycles. The van der Waals surface area contributed by atoms with E-state index in [0.29, 0.717) is 17.9 Å². The van der Waals surface area contributed by atoms with Gasteiger partial charge in [-0.3, -0.25) is 0 Å². The molecule has 0 aliphatic rings. The van der Waals surface area contributed by atoms with Crippen LogP contribution in [0.1, 0.15) is 20.3 Å². The average molecular weight is 343 g/mol. The van der Waals surface area contributed by atoms with Crippen LogP contribution in [-0.2, 0) is 4.79 Å². The second-order valence-electron chi connectivity index (χ2n) is 5.84. The highest BCUT2D eigenvalue weighted by molar-refractivity contribution is 5.77. The molecule has 8 heteroatoms. The lowest BCUT2D eigenvalue weighted by molar-refractivity contribution is -0.139. The Hall–Kier alpha value is -3.03. The molecule has 3 rings (SSSR count). The van der Waals surface area contributed by atoms with Gasteiger partial charge in [-0.15, -0.1) is 15.3 Å². The molecule has 0 spiro atoms. The van der Waals surface area contributed by atoms with Gasteiger partial charge in [-0.05, 0) is 30.2 Å². The van der Waals surface area contributed by atoms with Crippen molar-refractivity contribution in [3.05, 3.63) is 42.2 Å². The molecule has 3 aromatic rings. The Morgan fingerprint density at radius 2 is 2.04 bits per heavy atom. The van der Waals surface area contributed by atoms with E-state index in [1.165, 1.54) is 10.6 Å². The summed E-state index contributed by atoms with van der Waals surface area (Å²) in [7, 11) is 0. The number of halogens is 1. The second kappa shape index (κ2) is 6.84. The first-order valence-corrected chi connectivity index (χ1v) is 7.98. The fraction of sp³-hybridized carbons (Fsp3) is 0.294. The van der Waals surface area contributed by atoms with Crippen molar-refractivity contribution in [3.8, 4) is 11.4 Å². The molecular weight excluding hydrogens is 325 g/mol.